The zero-order valence-corrected chi connectivity index (χ0v) is 13.7. The number of nitrogens with two attached hydrogens (primary N) is 1. The van der Waals surface area contributed by atoms with Crippen molar-refractivity contribution in [3.8, 4) is 0 Å². The summed E-state index contributed by atoms with van der Waals surface area (Å²) in [5.74, 6) is -0.158. The van der Waals surface area contributed by atoms with Crippen molar-refractivity contribution in [3.05, 3.63) is 58.0 Å². The molecular weight excluding hydrogens is 283 g/mol. The number of hydrogen-bond acceptors (Lipinski definition) is 3. The second-order valence-corrected chi connectivity index (χ2v) is 6.75. The summed E-state index contributed by atoms with van der Waals surface area (Å²) in [6.07, 6.45) is 0.600. The lowest BCUT2D eigenvalue weighted by atomic mass is 9.89. The van der Waals surface area contributed by atoms with Crippen molar-refractivity contribution in [2.45, 2.75) is 31.8 Å². The molecule has 0 spiro atoms. The molecule has 0 amide bonds. The fourth-order valence-corrected chi connectivity index (χ4v) is 3.41. The van der Waals surface area contributed by atoms with Crippen LogP contribution in [0.2, 0.25) is 0 Å². The molecular formula is C17H23FN2S. The summed E-state index contributed by atoms with van der Waals surface area (Å²) in [7, 11) is 2.07. The SMILES string of the molecule is CC(c1cccs1)N(C)C(C)(CN)Cc1ccccc1F. The van der Waals surface area contributed by atoms with Crippen molar-refractivity contribution >= 4 is 11.3 Å². The standard InChI is InChI=1S/C17H23FN2S/c1-13(16-9-6-10-21-16)20(3)17(2,12-19)11-14-7-4-5-8-15(14)18/h4-10,13H,11-12,19H2,1-3H3. The van der Waals surface area contributed by atoms with Gasteiger partial charge in [0.1, 0.15) is 5.82 Å². The molecule has 0 saturated heterocycles. The number of benzene rings is 1. The number of rotatable bonds is 6. The van der Waals surface area contributed by atoms with Gasteiger partial charge in [-0.1, -0.05) is 24.3 Å². The predicted octanol–water partition coefficient (Wildman–Crippen LogP) is 3.84. The zero-order valence-electron chi connectivity index (χ0n) is 12.8. The van der Waals surface area contributed by atoms with Gasteiger partial charge in [-0.15, -0.1) is 11.3 Å². The van der Waals surface area contributed by atoms with Crippen LogP contribution < -0.4 is 5.73 Å². The molecule has 2 nitrogen and oxygen atoms in total. The Hall–Kier alpha value is -1.23. The Morgan fingerprint density at radius 1 is 1.29 bits per heavy atom. The zero-order chi connectivity index (χ0) is 15.5. The average molecular weight is 306 g/mol. The van der Waals surface area contributed by atoms with Crippen molar-refractivity contribution in [2.24, 2.45) is 5.73 Å². The van der Waals surface area contributed by atoms with Gasteiger partial charge in [0, 0.05) is 23.0 Å². The van der Waals surface area contributed by atoms with E-state index in [2.05, 4.69) is 43.3 Å². The first-order chi connectivity index (χ1) is 9.98. The van der Waals surface area contributed by atoms with E-state index >= 15 is 0 Å². The molecule has 1 aromatic carbocycles. The summed E-state index contributed by atoms with van der Waals surface area (Å²) in [6, 6.07) is 11.4. The number of hydrogen-bond donors (Lipinski definition) is 1. The minimum Gasteiger partial charge on any atom is -0.329 e. The molecule has 0 aliphatic rings. The smallest absolute Gasteiger partial charge is 0.126 e. The molecule has 21 heavy (non-hydrogen) atoms. The molecule has 1 aromatic heterocycles. The molecule has 0 fully saturated rings. The van der Waals surface area contributed by atoms with Gasteiger partial charge < -0.3 is 5.73 Å². The highest BCUT2D eigenvalue weighted by Crippen LogP contribution is 2.31. The van der Waals surface area contributed by atoms with Crippen molar-refractivity contribution in [1.29, 1.82) is 0 Å². The van der Waals surface area contributed by atoms with Gasteiger partial charge in [-0.25, -0.2) is 4.39 Å². The van der Waals surface area contributed by atoms with Crippen LogP contribution in [0.1, 0.15) is 30.3 Å². The Bertz CT molecular complexity index is 570. The summed E-state index contributed by atoms with van der Waals surface area (Å²) >= 11 is 1.74. The highest BCUT2D eigenvalue weighted by Gasteiger charge is 2.32. The summed E-state index contributed by atoms with van der Waals surface area (Å²) < 4.78 is 13.9. The van der Waals surface area contributed by atoms with Gasteiger partial charge in [-0.05, 0) is 50.4 Å². The Morgan fingerprint density at radius 2 is 2.00 bits per heavy atom. The second-order valence-electron chi connectivity index (χ2n) is 5.77. The maximum atomic E-state index is 13.9. The van der Waals surface area contributed by atoms with Crippen LogP contribution in [0.4, 0.5) is 4.39 Å². The Morgan fingerprint density at radius 3 is 2.57 bits per heavy atom. The average Bonchev–Trinajstić information content (AvgIpc) is 3.02. The predicted molar refractivity (Wildman–Crippen MR) is 88.1 cm³/mol. The molecule has 0 bridgehead atoms. The Balaban J connectivity index is 2.22. The van der Waals surface area contributed by atoms with Crippen LogP contribution in [0.3, 0.4) is 0 Å². The van der Waals surface area contributed by atoms with Gasteiger partial charge >= 0.3 is 0 Å². The molecule has 0 aliphatic carbocycles. The Labute approximate surface area is 130 Å². The third kappa shape index (κ3) is 3.51. The lowest BCUT2D eigenvalue weighted by Crippen LogP contribution is -2.52. The largest absolute Gasteiger partial charge is 0.329 e. The van der Waals surface area contributed by atoms with Crippen LogP contribution >= 0.6 is 11.3 Å². The number of nitrogens with zero attached hydrogens (tertiary/aromatic N) is 1. The van der Waals surface area contributed by atoms with Gasteiger partial charge in [-0.2, -0.15) is 0 Å². The Kier molecular flexibility index (Phi) is 5.14. The van der Waals surface area contributed by atoms with Crippen LogP contribution in [0.5, 0.6) is 0 Å². The monoisotopic (exact) mass is 306 g/mol. The summed E-state index contributed by atoms with van der Waals surface area (Å²) in [5.41, 5.74) is 6.47. The third-order valence-electron chi connectivity index (χ3n) is 4.36. The van der Waals surface area contributed by atoms with E-state index in [4.69, 9.17) is 5.73 Å². The highest BCUT2D eigenvalue weighted by molar-refractivity contribution is 7.10. The van der Waals surface area contributed by atoms with Crippen LogP contribution in [-0.4, -0.2) is 24.0 Å². The molecule has 2 N–H and O–H groups in total. The fourth-order valence-electron chi connectivity index (χ4n) is 2.58. The van der Waals surface area contributed by atoms with E-state index in [-0.39, 0.29) is 17.4 Å². The lowest BCUT2D eigenvalue weighted by Gasteiger charge is -2.42. The molecule has 0 radical (unpaired) electrons. The second kappa shape index (κ2) is 6.69. The molecule has 2 unspecified atom stereocenters. The fraction of sp³-hybridized carbons (Fsp3) is 0.412. The van der Waals surface area contributed by atoms with Gasteiger partial charge in [0.05, 0.1) is 0 Å². The molecule has 2 aromatic rings. The van der Waals surface area contributed by atoms with E-state index in [9.17, 15) is 4.39 Å². The topological polar surface area (TPSA) is 29.3 Å². The first kappa shape index (κ1) is 16.1. The number of thiophene rings is 1. The first-order valence-corrected chi connectivity index (χ1v) is 8.06. The van der Waals surface area contributed by atoms with E-state index in [1.54, 1.807) is 17.4 Å². The summed E-state index contributed by atoms with van der Waals surface area (Å²) in [5, 5.41) is 2.08. The van der Waals surface area contributed by atoms with Crippen molar-refractivity contribution in [3.63, 3.8) is 0 Å². The summed E-state index contributed by atoms with van der Waals surface area (Å²) in [6.45, 7) is 4.75. The minimum absolute atomic E-state index is 0.158. The minimum atomic E-state index is -0.286. The van der Waals surface area contributed by atoms with Gasteiger partial charge in [0.25, 0.3) is 0 Å². The van der Waals surface area contributed by atoms with Gasteiger partial charge in [0.2, 0.25) is 0 Å². The highest BCUT2D eigenvalue weighted by atomic mass is 32.1. The van der Waals surface area contributed by atoms with Crippen molar-refractivity contribution in [2.75, 3.05) is 13.6 Å². The van der Waals surface area contributed by atoms with E-state index in [0.717, 1.165) is 5.56 Å². The quantitative estimate of drug-likeness (QED) is 0.878. The van der Waals surface area contributed by atoms with E-state index in [1.807, 2.05) is 12.1 Å². The molecule has 0 saturated carbocycles. The summed E-state index contributed by atoms with van der Waals surface area (Å²) in [4.78, 5) is 3.55. The lowest BCUT2D eigenvalue weighted by molar-refractivity contribution is 0.101. The van der Waals surface area contributed by atoms with E-state index in [1.165, 1.54) is 10.9 Å². The van der Waals surface area contributed by atoms with Crippen molar-refractivity contribution in [1.82, 2.24) is 4.90 Å². The third-order valence-corrected chi connectivity index (χ3v) is 5.40. The van der Waals surface area contributed by atoms with E-state index < -0.39 is 0 Å². The van der Waals surface area contributed by atoms with Crippen LogP contribution in [0.15, 0.2) is 41.8 Å². The van der Waals surface area contributed by atoms with Gasteiger partial charge in [-0.3, -0.25) is 4.90 Å². The first-order valence-electron chi connectivity index (χ1n) is 7.18. The maximum absolute atomic E-state index is 13.9. The van der Waals surface area contributed by atoms with Crippen molar-refractivity contribution < 1.29 is 4.39 Å². The van der Waals surface area contributed by atoms with Crippen LogP contribution in [0.25, 0.3) is 0 Å². The molecule has 4 heteroatoms. The molecule has 1 heterocycles. The molecule has 114 valence electrons. The van der Waals surface area contributed by atoms with Crippen LogP contribution in [0, 0.1) is 5.82 Å². The molecule has 2 atom stereocenters. The maximum Gasteiger partial charge on any atom is 0.126 e. The normalized spacial score (nSPS) is 15.9. The van der Waals surface area contributed by atoms with E-state index in [0.29, 0.717) is 13.0 Å². The number of halogens is 1. The van der Waals surface area contributed by atoms with Crippen LogP contribution in [-0.2, 0) is 6.42 Å². The molecule has 0 aliphatic heterocycles. The molecule has 2 rings (SSSR count). The number of likely N-dealkylation sites (N-methyl/N-ethyl adjacent to an activating group) is 1. The van der Waals surface area contributed by atoms with Gasteiger partial charge in [0.15, 0.2) is 0 Å².